The van der Waals surface area contributed by atoms with Gasteiger partial charge in [0.2, 0.25) is 5.91 Å². The summed E-state index contributed by atoms with van der Waals surface area (Å²) in [5.41, 5.74) is 4.32. The number of carbonyl (C=O) groups excluding carboxylic acids is 2. The Labute approximate surface area is 123 Å². The maximum absolute atomic E-state index is 12.3. The molecule has 0 saturated carbocycles. The predicted molar refractivity (Wildman–Crippen MR) is 77.6 cm³/mol. The number of hydrogen-bond donors (Lipinski definition) is 2. The van der Waals surface area contributed by atoms with Crippen molar-refractivity contribution in [3.63, 3.8) is 0 Å². The molecule has 2 atom stereocenters. The quantitative estimate of drug-likeness (QED) is 0.606. The van der Waals surface area contributed by atoms with E-state index in [2.05, 4.69) is 5.32 Å². The molecule has 1 aromatic rings. The van der Waals surface area contributed by atoms with Gasteiger partial charge in [-0.2, -0.15) is 0 Å². The Morgan fingerprint density at radius 3 is 2.62 bits per heavy atom. The lowest BCUT2D eigenvalue weighted by atomic mass is 9.96. The van der Waals surface area contributed by atoms with Gasteiger partial charge in [0.1, 0.15) is 11.4 Å². The van der Waals surface area contributed by atoms with E-state index in [1.807, 2.05) is 0 Å². The summed E-state index contributed by atoms with van der Waals surface area (Å²) in [6, 6.07) is 6.87. The molecular formula is C15H20N2O4. The van der Waals surface area contributed by atoms with E-state index in [1.54, 1.807) is 45.0 Å². The second-order valence-corrected chi connectivity index (χ2v) is 6.24. The van der Waals surface area contributed by atoms with E-state index < -0.39 is 29.1 Å². The molecule has 0 spiro atoms. The van der Waals surface area contributed by atoms with Crippen molar-refractivity contribution in [2.45, 2.75) is 39.0 Å². The number of para-hydroxylation sites is 2. The summed E-state index contributed by atoms with van der Waals surface area (Å²) in [5, 5.41) is 2.65. The van der Waals surface area contributed by atoms with Crippen molar-refractivity contribution in [2.75, 3.05) is 5.32 Å². The lowest BCUT2D eigenvalue weighted by molar-refractivity contribution is -0.169. The van der Waals surface area contributed by atoms with E-state index in [-0.39, 0.29) is 0 Å². The molecule has 6 heteroatoms. The van der Waals surface area contributed by atoms with Gasteiger partial charge in [-0.3, -0.25) is 15.3 Å². The summed E-state index contributed by atoms with van der Waals surface area (Å²) in [5.74, 6) is -2.09. The van der Waals surface area contributed by atoms with Crippen LogP contribution < -0.4 is 15.8 Å². The number of esters is 1. The van der Waals surface area contributed by atoms with E-state index in [0.29, 0.717) is 11.4 Å². The van der Waals surface area contributed by atoms with Gasteiger partial charge in [0, 0.05) is 0 Å². The second kappa shape index (κ2) is 5.04. The largest absolute Gasteiger partial charge is 0.470 e. The Morgan fingerprint density at radius 1 is 1.38 bits per heavy atom. The number of carbonyl (C=O) groups is 2. The Kier molecular flexibility index (Phi) is 3.67. The van der Waals surface area contributed by atoms with E-state index in [4.69, 9.17) is 15.2 Å². The van der Waals surface area contributed by atoms with Gasteiger partial charge in [-0.1, -0.05) is 12.1 Å². The van der Waals surface area contributed by atoms with Gasteiger partial charge in [0.25, 0.3) is 0 Å². The van der Waals surface area contributed by atoms with Crippen LogP contribution in [0.4, 0.5) is 5.69 Å². The zero-order valence-electron chi connectivity index (χ0n) is 12.6. The number of anilines is 1. The minimum Gasteiger partial charge on any atom is -0.470 e. The molecule has 1 heterocycles. The zero-order valence-corrected chi connectivity index (χ0v) is 12.6. The summed E-state index contributed by atoms with van der Waals surface area (Å²) in [7, 11) is 0. The van der Waals surface area contributed by atoms with Crippen LogP contribution in [0.25, 0.3) is 0 Å². The van der Waals surface area contributed by atoms with E-state index in [9.17, 15) is 9.59 Å². The van der Waals surface area contributed by atoms with Gasteiger partial charge in [-0.25, -0.2) is 0 Å². The molecular weight excluding hydrogens is 272 g/mol. The molecule has 1 aliphatic heterocycles. The van der Waals surface area contributed by atoms with E-state index in [0.717, 1.165) is 0 Å². The number of rotatable bonds is 1. The topological polar surface area (TPSA) is 90.7 Å². The van der Waals surface area contributed by atoms with Crippen molar-refractivity contribution in [1.29, 1.82) is 0 Å². The highest BCUT2D eigenvalue weighted by atomic mass is 16.6. The minimum atomic E-state index is -1.50. The van der Waals surface area contributed by atoms with Gasteiger partial charge in [-0.15, -0.1) is 0 Å². The summed E-state index contributed by atoms with van der Waals surface area (Å²) in [4.78, 5) is 24.6. The predicted octanol–water partition coefficient (Wildman–Crippen LogP) is 1.65. The van der Waals surface area contributed by atoms with Crippen molar-refractivity contribution in [3.8, 4) is 5.75 Å². The molecule has 2 unspecified atom stereocenters. The molecule has 1 aliphatic rings. The Hall–Kier alpha value is -2.08. The van der Waals surface area contributed by atoms with E-state index >= 15 is 0 Å². The number of benzene rings is 1. The zero-order chi connectivity index (χ0) is 15.8. The number of amides is 1. The normalized spacial score (nSPS) is 25.2. The monoisotopic (exact) mass is 292 g/mol. The van der Waals surface area contributed by atoms with Crippen LogP contribution >= 0.6 is 0 Å². The fourth-order valence-corrected chi connectivity index (χ4v) is 2.12. The minimum absolute atomic E-state index is 0.418. The fourth-order valence-electron chi connectivity index (χ4n) is 2.12. The van der Waals surface area contributed by atoms with Crippen LogP contribution in [0.5, 0.6) is 5.75 Å². The molecule has 0 saturated heterocycles. The third kappa shape index (κ3) is 3.33. The number of nitrogens with two attached hydrogens (primary N) is 1. The van der Waals surface area contributed by atoms with Gasteiger partial charge in [0.05, 0.1) is 5.69 Å². The van der Waals surface area contributed by atoms with Crippen molar-refractivity contribution in [2.24, 2.45) is 11.7 Å². The first-order valence-corrected chi connectivity index (χ1v) is 6.71. The molecule has 114 valence electrons. The standard InChI is InChI=1S/C15H20N2O4/c1-14(2,3)21-13(19)11-12(18)17-9-7-5-6-8-10(9)20-15(11,4)16/h5-8,11H,16H2,1-4H3,(H,17,18). The van der Waals surface area contributed by atoms with Gasteiger partial charge < -0.3 is 14.8 Å². The second-order valence-electron chi connectivity index (χ2n) is 6.24. The van der Waals surface area contributed by atoms with Crippen molar-refractivity contribution in [3.05, 3.63) is 24.3 Å². The molecule has 1 aromatic carbocycles. The van der Waals surface area contributed by atoms with Gasteiger partial charge in [-0.05, 0) is 39.8 Å². The number of hydrogen-bond acceptors (Lipinski definition) is 5. The Bertz CT molecular complexity index is 575. The van der Waals surface area contributed by atoms with Crippen LogP contribution in [0.3, 0.4) is 0 Å². The molecule has 6 nitrogen and oxygen atoms in total. The highest BCUT2D eigenvalue weighted by Gasteiger charge is 2.48. The lowest BCUT2D eigenvalue weighted by Crippen LogP contribution is -2.57. The van der Waals surface area contributed by atoms with Crippen LogP contribution in [-0.2, 0) is 14.3 Å². The molecule has 0 radical (unpaired) electrons. The van der Waals surface area contributed by atoms with Crippen LogP contribution in [0.1, 0.15) is 27.7 Å². The van der Waals surface area contributed by atoms with Crippen LogP contribution in [-0.4, -0.2) is 23.2 Å². The van der Waals surface area contributed by atoms with Crippen molar-refractivity contribution >= 4 is 17.6 Å². The number of ether oxygens (including phenoxy) is 2. The fraction of sp³-hybridized carbons (Fsp3) is 0.467. The van der Waals surface area contributed by atoms with Gasteiger partial charge in [0.15, 0.2) is 11.6 Å². The third-order valence-corrected chi connectivity index (χ3v) is 2.95. The summed E-state index contributed by atoms with van der Waals surface area (Å²) >= 11 is 0. The molecule has 21 heavy (non-hydrogen) atoms. The van der Waals surface area contributed by atoms with Crippen LogP contribution in [0.15, 0.2) is 24.3 Å². The lowest BCUT2D eigenvalue weighted by Gasteiger charge is -2.31. The molecule has 2 rings (SSSR count). The molecule has 0 fully saturated rings. The number of nitrogens with one attached hydrogen (secondary N) is 1. The maximum Gasteiger partial charge on any atom is 0.324 e. The van der Waals surface area contributed by atoms with Crippen LogP contribution in [0, 0.1) is 5.92 Å². The molecule has 3 N–H and O–H groups in total. The summed E-state index contributed by atoms with van der Waals surface area (Å²) in [6.07, 6.45) is 0. The highest BCUT2D eigenvalue weighted by Crippen LogP contribution is 2.34. The Balaban J connectivity index is 2.35. The molecule has 0 aliphatic carbocycles. The van der Waals surface area contributed by atoms with E-state index in [1.165, 1.54) is 6.92 Å². The SMILES string of the molecule is CC(C)(C)OC(=O)C1C(=O)Nc2ccccc2OC1(C)N. The molecule has 1 amide bonds. The summed E-state index contributed by atoms with van der Waals surface area (Å²) < 4.78 is 10.9. The average Bonchev–Trinajstić information content (AvgIpc) is 2.37. The first-order valence-electron chi connectivity index (χ1n) is 6.71. The van der Waals surface area contributed by atoms with Gasteiger partial charge >= 0.3 is 5.97 Å². The first kappa shape index (κ1) is 15.3. The highest BCUT2D eigenvalue weighted by molar-refractivity contribution is 6.07. The van der Waals surface area contributed by atoms with Crippen molar-refractivity contribution < 1.29 is 19.1 Å². The van der Waals surface area contributed by atoms with Crippen LogP contribution in [0.2, 0.25) is 0 Å². The molecule has 0 bridgehead atoms. The number of fused-ring (bicyclic) bond motifs is 1. The first-order chi connectivity index (χ1) is 9.60. The maximum atomic E-state index is 12.3. The third-order valence-electron chi connectivity index (χ3n) is 2.95. The summed E-state index contributed by atoms with van der Waals surface area (Å²) in [6.45, 7) is 6.66. The average molecular weight is 292 g/mol. The van der Waals surface area contributed by atoms with Crippen molar-refractivity contribution in [1.82, 2.24) is 0 Å². The smallest absolute Gasteiger partial charge is 0.324 e. The molecule has 0 aromatic heterocycles. The Morgan fingerprint density at radius 2 is 2.00 bits per heavy atom.